The molecule has 1 saturated heterocycles. The van der Waals surface area contributed by atoms with Gasteiger partial charge in [-0.15, -0.1) is 0 Å². The number of allylic oxidation sites excluding steroid dienone is 1. The molecule has 5 rings (SSSR count). The first kappa shape index (κ1) is 13.4. The predicted octanol–water partition coefficient (Wildman–Crippen LogP) is 2.97. The second-order valence-electron chi connectivity index (χ2n) is 7.51. The molecule has 4 saturated carbocycles. The Labute approximate surface area is 124 Å². The lowest BCUT2D eigenvalue weighted by Gasteiger charge is -2.55. The summed E-state index contributed by atoms with van der Waals surface area (Å²) < 4.78 is 10.6. The molecule has 4 nitrogen and oxygen atoms in total. The van der Waals surface area contributed by atoms with Gasteiger partial charge in [0.2, 0.25) is 0 Å². The molecule has 1 heterocycles. The van der Waals surface area contributed by atoms with Gasteiger partial charge in [-0.25, -0.2) is 4.79 Å². The highest BCUT2D eigenvalue weighted by Gasteiger charge is 2.55. The summed E-state index contributed by atoms with van der Waals surface area (Å²) in [6.45, 7) is 2.13. The summed E-state index contributed by atoms with van der Waals surface area (Å²) in [5.74, 6) is 2.19. The zero-order valence-corrected chi connectivity index (χ0v) is 12.5. The van der Waals surface area contributed by atoms with Crippen LogP contribution in [-0.2, 0) is 19.1 Å². The number of carbonyl (C=O) groups is 2. The van der Waals surface area contributed by atoms with Crippen molar-refractivity contribution < 1.29 is 19.1 Å². The summed E-state index contributed by atoms with van der Waals surface area (Å²) >= 11 is 0. The molecule has 0 aromatic rings. The highest BCUT2D eigenvalue weighted by atomic mass is 16.6. The summed E-state index contributed by atoms with van der Waals surface area (Å²) in [6, 6.07) is 0. The monoisotopic (exact) mass is 290 g/mol. The van der Waals surface area contributed by atoms with Crippen LogP contribution in [0.3, 0.4) is 0 Å². The van der Waals surface area contributed by atoms with Crippen LogP contribution in [0.4, 0.5) is 0 Å². The third kappa shape index (κ3) is 2.11. The number of hydrogen-bond acceptors (Lipinski definition) is 4. The highest BCUT2D eigenvalue weighted by molar-refractivity contribution is 5.91. The van der Waals surface area contributed by atoms with E-state index in [1.807, 2.05) is 0 Å². The van der Waals surface area contributed by atoms with Crippen LogP contribution in [0, 0.1) is 23.2 Å². The molecule has 5 aliphatic rings. The van der Waals surface area contributed by atoms with Gasteiger partial charge in [0.25, 0.3) is 0 Å². The summed E-state index contributed by atoms with van der Waals surface area (Å²) in [5.41, 5.74) is 0.270. The number of cyclic esters (lactones) is 1. The zero-order valence-electron chi connectivity index (χ0n) is 12.5. The molecule has 0 aromatic carbocycles. The van der Waals surface area contributed by atoms with Gasteiger partial charge < -0.3 is 9.47 Å². The quantitative estimate of drug-likeness (QED) is 0.446. The van der Waals surface area contributed by atoms with E-state index in [-0.39, 0.29) is 17.4 Å². The van der Waals surface area contributed by atoms with Crippen molar-refractivity contribution in [2.75, 3.05) is 6.61 Å². The number of hydrogen-bond donors (Lipinski definition) is 0. The number of carbonyl (C=O) groups excluding carboxylic acids is 2. The third-order valence-electron chi connectivity index (χ3n) is 5.97. The Kier molecular flexibility index (Phi) is 2.92. The molecule has 21 heavy (non-hydrogen) atoms. The highest BCUT2D eigenvalue weighted by Crippen LogP contribution is 2.60. The minimum absolute atomic E-state index is 0.0914. The first-order valence-electron chi connectivity index (χ1n) is 8.15. The van der Waals surface area contributed by atoms with Gasteiger partial charge in [-0.2, -0.15) is 0 Å². The van der Waals surface area contributed by atoms with E-state index in [1.165, 1.54) is 19.3 Å². The van der Waals surface area contributed by atoms with Gasteiger partial charge in [-0.1, -0.05) is 0 Å². The maximum atomic E-state index is 12.8. The lowest BCUT2D eigenvalue weighted by Crippen LogP contribution is -2.50. The second kappa shape index (κ2) is 4.59. The molecule has 4 aliphatic carbocycles. The number of esters is 2. The molecule has 0 unspecified atom stereocenters. The van der Waals surface area contributed by atoms with Crippen LogP contribution in [0.5, 0.6) is 0 Å². The van der Waals surface area contributed by atoms with Gasteiger partial charge in [0.1, 0.15) is 5.76 Å². The van der Waals surface area contributed by atoms with Crippen LogP contribution in [0.2, 0.25) is 0 Å². The van der Waals surface area contributed by atoms with Crippen molar-refractivity contribution in [1.82, 2.24) is 0 Å². The van der Waals surface area contributed by atoms with Gasteiger partial charge in [0, 0.05) is 6.42 Å². The fourth-order valence-corrected chi connectivity index (χ4v) is 5.42. The van der Waals surface area contributed by atoms with Crippen LogP contribution < -0.4 is 0 Å². The summed E-state index contributed by atoms with van der Waals surface area (Å²) in [7, 11) is 0. The van der Waals surface area contributed by atoms with E-state index >= 15 is 0 Å². The molecule has 5 fully saturated rings. The third-order valence-corrected chi connectivity index (χ3v) is 5.97. The Hall–Kier alpha value is -1.32. The second-order valence-corrected chi connectivity index (χ2v) is 7.51. The molecule has 4 bridgehead atoms. The lowest BCUT2D eigenvalue weighted by molar-refractivity contribution is -0.167. The minimum Gasteiger partial charge on any atom is -0.462 e. The van der Waals surface area contributed by atoms with Crippen LogP contribution in [-0.4, -0.2) is 18.5 Å². The SMILES string of the molecule is CC(OC(=O)C12CC3CC(CC(C3)C1)C2)=C1CCOC1=O. The zero-order chi connectivity index (χ0) is 14.6. The summed E-state index contributed by atoms with van der Waals surface area (Å²) in [4.78, 5) is 24.3. The van der Waals surface area contributed by atoms with E-state index in [0.717, 1.165) is 19.3 Å². The Morgan fingerprint density at radius 2 is 1.71 bits per heavy atom. The van der Waals surface area contributed by atoms with Crippen LogP contribution in [0.1, 0.15) is 51.9 Å². The van der Waals surface area contributed by atoms with Crippen LogP contribution in [0.15, 0.2) is 11.3 Å². The van der Waals surface area contributed by atoms with Crippen molar-refractivity contribution in [3.05, 3.63) is 11.3 Å². The van der Waals surface area contributed by atoms with E-state index in [4.69, 9.17) is 9.47 Å². The molecule has 0 aromatic heterocycles. The van der Waals surface area contributed by atoms with Gasteiger partial charge in [0.05, 0.1) is 17.6 Å². The molecule has 4 heteroatoms. The smallest absolute Gasteiger partial charge is 0.337 e. The van der Waals surface area contributed by atoms with Crippen molar-refractivity contribution in [2.45, 2.75) is 51.9 Å². The summed E-state index contributed by atoms with van der Waals surface area (Å²) in [6.07, 6.45) is 7.44. The van der Waals surface area contributed by atoms with E-state index in [1.54, 1.807) is 6.92 Å². The minimum atomic E-state index is -0.328. The van der Waals surface area contributed by atoms with Crippen molar-refractivity contribution in [3.63, 3.8) is 0 Å². The van der Waals surface area contributed by atoms with Crippen molar-refractivity contribution in [1.29, 1.82) is 0 Å². The Morgan fingerprint density at radius 3 is 2.19 bits per heavy atom. The molecular weight excluding hydrogens is 268 g/mol. The van der Waals surface area contributed by atoms with E-state index in [9.17, 15) is 9.59 Å². The van der Waals surface area contributed by atoms with Crippen molar-refractivity contribution in [2.24, 2.45) is 23.2 Å². The fraction of sp³-hybridized carbons (Fsp3) is 0.765. The maximum Gasteiger partial charge on any atom is 0.337 e. The van der Waals surface area contributed by atoms with Gasteiger partial charge in [-0.05, 0) is 63.2 Å². The molecule has 0 atom stereocenters. The largest absolute Gasteiger partial charge is 0.462 e. The number of ether oxygens (including phenoxy) is 2. The molecule has 0 radical (unpaired) electrons. The lowest BCUT2D eigenvalue weighted by atomic mass is 9.49. The van der Waals surface area contributed by atoms with E-state index < -0.39 is 0 Å². The first-order chi connectivity index (χ1) is 10.1. The maximum absolute atomic E-state index is 12.8. The average molecular weight is 290 g/mol. The first-order valence-corrected chi connectivity index (χ1v) is 8.15. The van der Waals surface area contributed by atoms with Gasteiger partial charge in [0.15, 0.2) is 0 Å². The van der Waals surface area contributed by atoms with E-state index in [2.05, 4.69) is 0 Å². The average Bonchev–Trinajstić information content (AvgIpc) is 2.83. The number of rotatable bonds is 2. The summed E-state index contributed by atoms with van der Waals surface area (Å²) in [5, 5.41) is 0. The van der Waals surface area contributed by atoms with Crippen LogP contribution in [0.25, 0.3) is 0 Å². The molecular formula is C17H22O4. The van der Waals surface area contributed by atoms with Crippen molar-refractivity contribution in [3.8, 4) is 0 Å². The molecule has 1 aliphatic heterocycles. The molecule has 0 amide bonds. The standard InChI is InChI=1S/C17H22O4/c1-10(14-2-3-20-15(14)18)21-16(19)17-7-11-4-12(8-17)6-13(5-11)9-17/h11-13H,2-9H2,1H3. The Morgan fingerprint density at radius 1 is 1.14 bits per heavy atom. The van der Waals surface area contributed by atoms with Gasteiger partial charge in [-0.3, -0.25) is 4.79 Å². The molecule has 0 N–H and O–H groups in total. The Balaban J connectivity index is 1.54. The van der Waals surface area contributed by atoms with Crippen molar-refractivity contribution >= 4 is 11.9 Å². The fourth-order valence-electron chi connectivity index (χ4n) is 5.42. The molecule has 0 spiro atoms. The van der Waals surface area contributed by atoms with E-state index in [0.29, 0.717) is 42.1 Å². The Bertz CT molecular complexity index is 496. The molecule has 114 valence electrons. The predicted molar refractivity (Wildman–Crippen MR) is 75.0 cm³/mol. The normalized spacial score (nSPS) is 42.9. The topological polar surface area (TPSA) is 52.6 Å². The van der Waals surface area contributed by atoms with Crippen LogP contribution >= 0.6 is 0 Å². The van der Waals surface area contributed by atoms with Gasteiger partial charge >= 0.3 is 11.9 Å².